The molecule has 5 rings (SSSR count). The summed E-state index contributed by atoms with van der Waals surface area (Å²) in [5.74, 6) is 0.0295. The fourth-order valence-corrected chi connectivity index (χ4v) is 4.08. The molecule has 0 bridgehead atoms. The molecule has 3 aromatic carbocycles. The molecule has 174 valence electrons. The summed E-state index contributed by atoms with van der Waals surface area (Å²) in [6.07, 6.45) is 8.63. The molecule has 0 aliphatic carbocycles. The van der Waals surface area contributed by atoms with Crippen molar-refractivity contribution in [2.24, 2.45) is 0 Å². The Kier molecular flexibility index (Phi) is 6.80. The van der Waals surface area contributed by atoms with Gasteiger partial charge in [-0.15, -0.1) is 0 Å². The normalized spacial score (nSPS) is 10.9. The highest BCUT2D eigenvalue weighted by molar-refractivity contribution is 5.77. The van der Waals surface area contributed by atoms with Crippen molar-refractivity contribution < 1.29 is 4.79 Å². The number of nitrogens with one attached hydrogen (secondary N) is 1. The first-order valence-corrected chi connectivity index (χ1v) is 11.7. The zero-order chi connectivity index (χ0) is 23.9. The van der Waals surface area contributed by atoms with E-state index in [9.17, 15) is 4.79 Å². The molecular weight excluding hydrogens is 434 g/mol. The Morgan fingerprint density at radius 2 is 1.63 bits per heavy atom. The van der Waals surface area contributed by atoms with Gasteiger partial charge in [0.25, 0.3) is 0 Å². The van der Waals surface area contributed by atoms with Crippen molar-refractivity contribution in [3.8, 4) is 16.8 Å². The van der Waals surface area contributed by atoms with Crippen LogP contribution < -0.4 is 5.32 Å². The van der Waals surface area contributed by atoms with Gasteiger partial charge in [-0.2, -0.15) is 10.2 Å². The van der Waals surface area contributed by atoms with E-state index in [1.165, 1.54) is 5.56 Å². The smallest absolute Gasteiger partial charge is 0.220 e. The van der Waals surface area contributed by atoms with Crippen molar-refractivity contribution in [2.75, 3.05) is 0 Å². The van der Waals surface area contributed by atoms with Gasteiger partial charge in [-0.05, 0) is 52.4 Å². The van der Waals surface area contributed by atoms with Crippen LogP contribution in [0.2, 0.25) is 0 Å². The van der Waals surface area contributed by atoms with E-state index in [-0.39, 0.29) is 5.91 Å². The van der Waals surface area contributed by atoms with Crippen LogP contribution in [0.1, 0.15) is 23.1 Å². The van der Waals surface area contributed by atoms with Gasteiger partial charge in [0.2, 0.25) is 5.91 Å². The van der Waals surface area contributed by atoms with Crippen LogP contribution in [0, 0.1) is 0 Å². The Hall–Kier alpha value is -4.45. The van der Waals surface area contributed by atoms with E-state index >= 15 is 0 Å². The molecule has 1 amide bonds. The monoisotopic (exact) mass is 461 g/mol. The number of benzene rings is 3. The summed E-state index contributed by atoms with van der Waals surface area (Å²) in [6, 6.07) is 28.6. The van der Waals surface area contributed by atoms with Crippen LogP contribution in [0.25, 0.3) is 16.8 Å². The van der Waals surface area contributed by atoms with Crippen LogP contribution in [0.3, 0.4) is 0 Å². The Labute approximate surface area is 204 Å². The highest BCUT2D eigenvalue weighted by Gasteiger charge is 2.09. The van der Waals surface area contributed by atoms with E-state index in [0.717, 1.165) is 34.5 Å². The third-order valence-electron chi connectivity index (χ3n) is 5.96. The van der Waals surface area contributed by atoms with Crippen LogP contribution >= 0.6 is 0 Å². The molecule has 0 saturated heterocycles. The number of hydrogen-bond acceptors (Lipinski definition) is 3. The third kappa shape index (κ3) is 5.73. The highest BCUT2D eigenvalue weighted by Crippen LogP contribution is 2.24. The molecular formula is C29H27N5O. The van der Waals surface area contributed by atoms with Crippen molar-refractivity contribution >= 4 is 5.91 Å². The van der Waals surface area contributed by atoms with Gasteiger partial charge >= 0.3 is 0 Å². The molecule has 0 saturated carbocycles. The zero-order valence-corrected chi connectivity index (χ0v) is 19.4. The molecule has 0 spiro atoms. The average Bonchev–Trinajstić information content (AvgIpc) is 3.60. The summed E-state index contributed by atoms with van der Waals surface area (Å²) in [7, 11) is 0. The van der Waals surface area contributed by atoms with E-state index in [1.54, 1.807) is 6.20 Å². The maximum Gasteiger partial charge on any atom is 0.220 e. The van der Waals surface area contributed by atoms with Crippen molar-refractivity contribution in [2.45, 2.75) is 25.9 Å². The minimum atomic E-state index is 0.0295. The van der Waals surface area contributed by atoms with Gasteiger partial charge in [0, 0.05) is 31.6 Å². The predicted octanol–water partition coefficient (Wildman–Crippen LogP) is 5.03. The maximum absolute atomic E-state index is 12.6. The first-order valence-electron chi connectivity index (χ1n) is 11.7. The van der Waals surface area contributed by atoms with Crippen molar-refractivity contribution in [3.05, 3.63) is 126 Å². The summed E-state index contributed by atoms with van der Waals surface area (Å²) >= 11 is 0. The molecule has 5 aromatic rings. The second-order valence-corrected chi connectivity index (χ2v) is 8.46. The zero-order valence-electron chi connectivity index (χ0n) is 19.4. The van der Waals surface area contributed by atoms with Gasteiger partial charge in [-0.1, -0.05) is 66.7 Å². The molecule has 0 aliphatic heterocycles. The first kappa shape index (κ1) is 22.3. The average molecular weight is 462 g/mol. The highest BCUT2D eigenvalue weighted by atomic mass is 16.1. The molecule has 2 aromatic heterocycles. The van der Waals surface area contributed by atoms with Crippen molar-refractivity contribution in [3.63, 3.8) is 0 Å². The Morgan fingerprint density at radius 3 is 2.43 bits per heavy atom. The number of nitrogens with zero attached hydrogens (tertiary/aromatic N) is 4. The Balaban J connectivity index is 1.17. The van der Waals surface area contributed by atoms with E-state index in [1.807, 2.05) is 76.5 Å². The number of amides is 1. The lowest BCUT2D eigenvalue weighted by molar-refractivity contribution is -0.121. The number of aryl methyl sites for hydroxylation is 1. The van der Waals surface area contributed by atoms with E-state index in [2.05, 4.69) is 51.9 Å². The first-order chi connectivity index (χ1) is 17.2. The SMILES string of the molecule is O=C(CCc1cnn(-c2ccccc2)c1)NCc1ccccc1-c1ccc(Cn2cccn2)cc1. The van der Waals surface area contributed by atoms with Crippen LogP contribution in [0.5, 0.6) is 0 Å². The van der Waals surface area contributed by atoms with Gasteiger partial charge in [0.15, 0.2) is 0 Å². The standard InChI is InChI=1S/C29H27N5O/c35-29(16-13-24-19-32-34(22-24)27-8-2-1-3-9-27)30-20-26-7-4-5-10-28(26)25-14-11-23(12-15-25)21-33-18-6-17-31-33/h1-12,14-15,17-19,22H,13,16,20-21H2,(H,30,35). The summed E-state index contributed by atoms with van der Waals surface area (Å²) in [4.78, 5) is 12.6. The molecule has 0 fully saturated rings. The number of carbonyl (C=O) groups excluding carboxylic acids is 1. The number of aromatic nitrogens is 4. The lowest BCUT2D eigenvalue weighted by Crippen LogP contribution is -2.23. The Morgan fingerprint density at radius 1 is 0.829 bits per heavy atom. The minimum absolute atomic E-state index is 0.0295. The fraction of sp³-hybridized carbons (Fsp3) is 0.138. The second kappa shape index (κ2) is 10.7. The molecule has 1 N–H and O–H groups in total. The van der Waals surface area contributed by atoms with E-state index < -0.39 is 0 Å². The lowest BCUT2D eigenvalue weighted by atomic mass is 9.98. The molecule has 0 aliphatic rings. The summed E-state index contributed by atoms with van der Waals surface area (Å²) < 4.78 is 3.75. The van der Waals surface area contributed by atoms with Gasteiger partial charge in [-0.3, -0.25) is 9.48 Å². The number of carbonyl (C=O) groups is 1. The Bertz CT molecular complexity index is 1370. The second-order valence-electron chi connectivity index (χ2n) is 8.46. The molecule has 6 nitrogen and oxygen atoms in total. The van der Waals surface area contributed by atoms with Crippen LogP contribution in [-0.4, -0.2) is 25.5 Å². The van der Waals surface area contributed by atoms with Gasteiger partial charge in [0.05, 0.1) is 18.4 Å². The third-order valence-corrected chi connectivity index (χ3v) is 5.96. The number of rotatable bonds is 9. The molecule has 0 atom stereocenters. The molecule has 6 heteroatoms. The van der Waals surface area contributed by atoms with Gasteiger partial charge in [0.1, 0.15) is 0 Å². The van der Waals surface area contributed by atoms with Gasteiger partial charge in [-0.25, -0.2) is 4.68 Å². The molecule has 35 heavy (non-hydrogen) atoms. The van der Waals surface area contributed by atoms with Gasteiger partial charge < -0.3 is 5.32 Å². The van der Waals surface area contributed by atoms with Crippen LogP contribution in [0.15, 0.2) is 110 Å². The summed E-state index contributed by atoms with van der Waals surface area (Å²) in [5, 5.41) is 11.8. The number of para-hydroxylation sites is 1. The minimum Gasteiger partial charge on any atom is -0.352 e. The van der Waals surface area contributed by atoms with Crippen LogP contribution in [-0.2, 0) is 24.3 Å². The van der Waals surface area contributed by atoms with Crippen LogP contribution in [0.4, 0.5) is 0 Å². The summed E-state index contributed by atoms with van der Waals surface area (Å²) in [6.45, 7) is 1.24. The van der Waals surface area contributed by atoms with Crippen molar-refractivity contribution in [1.82, 2.24) is 24.9 Å². The summed E-state index contributed by atoms with van der Waals surface area (Å²) in [5.41, 5.74) is 6.60. The number of hydrogen-bond donors (Lipinski definition) is 1. The quantitative estimate of drug-likeness (QED) is 0.335. The maximum atomic E-state index is 12.6. The lowest BCUT2D eigenvalue weighted by Gasteiger charge is -2.12. The fourth-order valence-electron chi connectivity index (χ4n) is 4.08. The largest absolute Gasteiger partial charge is 0.352 e. The van der Waals surface area contributed by atoms with Crippen molar-refractivity contribution in [1.29, 1.82) is 0 Å². The van der Waals surface area contributed by atoms with E-state index in [4.69, 9.17) is 0 Å². The molecule has 0 radical (unpaired) electrons. The topological polar surface area (TPSA) is 64.7 Å². The molecule has 2 heterocycles. The molecule has 0 unspecified atom stereocenters. The predicted molar refractivity (Wildman–Crippen MR) is 137 cm³/mol. The van der Waals surface area contributed by atoms with E-state index in [0.29, 0.717) is 19.4 Å².